The first-order valence-electron chi connectivity index (χ1n) is 11.5. The van der Waals surface area contributed by atoms with Crippen LogP contribution in [0.4, 0.5) is 14.5 Å². The summed E-state index contributed by atoms with van der Waals surface area (Å²) in [5, 5.41) is 3.32. The summed E-state index contributed by atoms with van der Waals surface area (Å²) < 4.78 is 27.9. The molecule has 0 saturated carbocycles. The van der Waals surface area contributed by atoms with Crippen LogP contribution >= 0.6 is 0 Å². The van der Waals surface area contributed by atoms with Gasteiger partial charge in [0.05, 0.1) is 24.5 Å². The minimum atomic E-state index is -0.652. The molecule has 1 heterocycles. The zero-order valence-corrected chi connectivity index (χ0v) is 20.9. The number of pyridine rings is 1. The van der Waals surface area contributed by atoms with Crippen molar-refractivity contribution in [1.82, 2.24) is 10.3 Å². The van der Waals surface area contributed by atoms with E-state index in [0.717, 1.165) is 17.3 Å². The van der Waals surface area contributed by atoms with E-state index in [1.54, 1.807) is 43.7 Å². The summed E-state index contributed by atoms with van der Waals surface area (Å²) in [6.45, 7) is 12.1. The summed E-state index contributed by atoms with van der Waals surface area (Å²) in [5.74, 6) is -0.762. The van der Waals surface area contributed by atoms with Crippen LogP contribution < -0.4 is 5.32 Å². The number of nitrogens with zero attached hydrogens (tertiary/aromatic N) is 4. The molecule has 3 aromatic rings. The minimum absolute atomic E-state index is 0.271. The molecule has 0 fully saturated rings. The lowest BCUT2D eigenvalue weighted by Gasteiger charge is -2.15. The predicted octanol–water partition coefficient (Wildman–Crippen LogP) is 6.73. The fourth-order valence-corrected chi connectivity index (χ4v) is 3.29. The lowest BCUT2D eigenvalue weighted by molar-refractivity contribution is 0.585. The van der Waals surface area contributed by atoms with Crippen molar-refractivity contribution in [3.8, 4) is 11.1 Å². The Morgan fingerprint density at radius 2 is 1.89 bits per heavy atom. The van der Waals surface area contributed by atoms with Crippen molar-refractivity contribution < 1.29 is 8.78 Å². The van der Waals surface area contributed by atoms with Gasteiger partial charge in [0.25, 0.3) is 0 Å². The maximum Gasteiger partial charge on any atom is 0.133 e. The van der Waals surface area contributed by atoms with E-state index in [2.05, 4.69) is 33.6 Å². The topological polar surface area (TPSA) is 62.0 Å². The Balaban J connectivity index is 0.00000222. The van der Waals surface area contributed by atoms with Crippen LogP contribution in [-0.2, 0) is 6.54 Å². The Morgan fingerprint density at radius 3 is 2.53 bits per heavy atom. The van der Waals surface area contributed by atoms with Crippen molar-refractivity contribution >= 4 is 24.5 Å². The molecule has 36 heavy (non-hydrogen) atoms. The molecule has 0 bridgehead atoms. The molecule has 0 aliphatic heterocycles. The van der Waals surface area contributed by atoms with Crippen molar-refractivity contribution in [3.05, 3.63) is 108 Å². The molecule has 0 radical (unpaired) electrons. The minimum Gasteiger partial charge on any atom is -0.364 e. The Labute approximate surface area is 211 Å². The number of amidine groups is 1. The number of aliphatic imine (C=N–C) groups is 3. The number of hydrogen-bond donors (Lipinski definition) is 1. The molecule has 0 saturated heterocycles. The third-order valence-corrected chi connectivity index (χ3v) is 4.87. The monoisotopic (exact) mass is 487 g/mol. The van der Waals surface area contributed by atoms with Gasteiger partial charge in [0, 0.05) is 36.7 Å². The number of hydrogen-bond acceptors (Lipinski definition) is 4. The number of rotatable bonds is 9. The maximum absolute atomic E-state index is 14.5. The number of allylic oxidation sites excluding steroid dienone is 2. The predicted molar refractivity (Wildman–Crippen MR) is 148 cm³/mol. The second kappa shape index (κ2) is 14.9. The van der Waals surface area contributed by atoms with Gasteiger partial charge in [0.1, 0.15) is 17.5 Å². The molecule has 0 aliphatic carbocycles. The van der Waals surface area contributed by atoms with Crippen LogP contribution in [0.2, 0.25) is 0 Å². The number of benzene rings is 2. The third kappa shape index (κ3) is 7.91. The average Bonchev–Trinajstić information content (AvgIpc) is 2.90. The van der Waals surface area contributed by atoms with Gasteiger partial charge in [-0.05, 0) is 54.3 Å². The molecule has 1 aromatic heterocycles. The van der Waals surface area contributed by atoms with E-state index < -0.39 is 11.6 Å². The van der Waals surface area contributed by atoms with E-state index >= 15 is 0 Å². The van der Waals surface area contributed by atoms with Gasteiger partial charge in [-0.15, -0.1) is 0 Å². The first-order valence-corrected chi connectivity index (χ1v) is 11.5. The third-order valence-electron chi connectivity index (χ3n) is 4.87. The van der Waals surface area contributed by atoms with Gasteiger partial charge in [0.15, 0.2) is 0 Å². The molecule has 3 rings (SSSR count). The lowest BCUT2D eigenvalue weighted by atomic mass is 10.0. The fraction of sp³-hybridized carbons (Fsp3) is 0.172. The van der Waals surface area contributed by atoms with Crippen LogP contribution in [0.5, 0.6) is 0 Å². The maximum atomic E-state index is 14.5. The molecule has 0 unspecified atom stereocenters. The Kier molecular flexibility index (Phi) is 11.6. The Bertz CT molecular complexity index is 1250. The van der Waals surface area contributed by atoms with Gasteiger partial charge < -0.3 is 5.32 Å². The molecule has 1 N–H and O–H groups in total. The highest BCUT2D eigenvalue weighted by molar-refractivity contribution is 6.04. The molecular formula is C29H31F2N5. The highest BCUT2D eigenvalue weighted by Gasteiger charge is 2.14. The van der Waals surface area contributed by atoms with Crippen molar-refractivity contribution in [1.29, 1.82) is 0 Å². The lowest BCUT2D eigenvalue weighted by Crippen LogP contribution is -2.25. The highest BCUT2D eigenvalue weighted by Crippen LogP contribution is 2.29. The van der Waals surface area contributed by atoms with Gasteiger partial charge in [0.2, 0.25) is 0 Å². The summed E-state index contributed by atoms with van der Waals surface area (Å²) in [7, 11) is 1.68. The molecule has 0 aliphatic rings. The van der Waals surface area contributed by atoms with Gasteiger partial charge in [-0.1, -0.05) is 44.7 Å². The summed E-state index contributed by atoms with van der Waals surface area (Å²) in [6.07, 6.45) is 6.91. The molecule has 0 amide bonds. The van der Waals surface area contributed by atoms with Crippen molar-refractivity contribution in [2.45, 2.75) is 20.4 Å². The van der Waals surface area contributed by atoms with Crippen LogP contribution in [0.1, 0.15) is 25.1 Å². The first-order chi connectivity index (χ1) is 17.5. The zero-order chi connectivity index (χ0) is 26.3. The largest absolute Gasteiger partial charge is 0.364 e. The fourth-order valence-electron chi connectivity index (χ4n) is 3.29. The summed E-state index contributed by atoms with van der Waals surface area (Å²) in [6, 6.07) is 14.3. The Morgan fingerprint density at radius 1 is 1.08 bits per heavy atom. The van der Waals surface area contributed by atoms with Crippen molar-refractivity contribution in [2.24, 2.45) is 15.0 Å². The van der Waals surface area contributed by atoms with Crippen LogP contribution in [0, 0.1) is 11.6 Å². The standard InChI is InChI=1S/C27H25F2N5.C2H6/c1-4-7-19(16-30-2)17-33-27(34-18-22-8-5-6-13-32-22)24-14-20(9-12-26(24)31-3)23-11-10-21(28)15-25(23)29;1-2/h4-16H,1,3,17-18H2,2H3,(H,33,34);1-2H3/b19-7+,30-16?;. The quantitative estimate of drug-likeness (QED) is 0.207. The summed E-state index contributed by atoms with van der Waals surface area (Å²) in [4.78, 5) is 17.3. The van der Waals surface area contributed by atoms with E-state index in [0.29, 0.717) is 35.7 Å². The van der Waals surface area contributed by atoms with E-state index in [1.807, 2.05) is 38.1 Å². The molecule has 0 atom stereocenters. The van der Waals surface area contributed by atoms with Crippen LogP contribution in [0.25, 0.3) is 11.1 Å². The first kappa shape index (κ1) is 28.0. The van der Waals surface area contributed by atoms with E-state index in [9.17, 15) is 8.78 Å². The molecule has 2 aromatic carbocycles. The number of nitrogens with one attached hydrogen (secondary N) is 1. The Hall–Kier alpha value is -4.26. The van der Waals surface area contributed by atoms with Crippen LogP contribution in [-0.4, -0.2) is 37.3 Å². The van der Waals surface area contributed by atoms with Crippen LogP contribution in [0.3, 0.4) is 0 Å². The molecule has 186 valence electrons. The van der Waals surface area contributed by atoms with Gasteiger partial charge in [-0.3, -0.25) is 20.0 Å². The van der Waals surface area contributed by atoms with Crippen LogP contribution in [0.15, 0.2) is 100 Å². The second-order valence-electron chi connectivity index (χ2n) is 7.22. The highest BCUT2D eigenvalue weighted by atomic mass is 19.1. The van der Waals surface area contributed by atoms with Gasteiger partial charge in [-0.25, -0.2) is 8.78 Å². The summed E-state index contributed by atoms with van der Waals surface area (Å²) >= 11 is 0. The SMILES string of the molecule is C=C/C=C(\C=NC)CN=C(NCc1ccccn1)c1cc(-c2ccc(F)cc2F)ccc1N=C.CC. The normalized spacial score (nSPS) is 11.6. The number of aromatic nitrogens is 1. The van der Waals surface area contributed by atoms with E-state index in [1.165, 1.54) is 12.1 Å². The average molecular weight is 488 g/mol. The second-order valence-corrected chi connectivity index (χ2v) is 7.22. The van der Waals surface area contributed by atoms with E-state index in [4.69, 9.17) is 4.99 Å². The van der Waals surface area contributed by atoms with Gasteiger partial charge in [-0.2, -0.15) is 0 Å². The molecule has 7 heteroatoms. The van der Waals surface area contributed by atoms with E-state index in [-0.39, 0.29) is 5.56 Å². The smallest absolute Gasteiger partial charge is 0.133 e. The number of halogens is 2. The molecule has 5 nitrogen and oxygen atoms in total. The van der Waals surface area contributed by atoms with Gasteiger partial charge >= 0.3 is 0 Å². The van der Waals surface area contributed by atoms with Crippen molar-refractivity contribution in [3.63, 3.8) is 0 Å². The summed E-state index contributed by atoms with van der Waals surface area (Å²) in [5.41, 5.74) is 3.69. The molecular weight excluding hydrogens is 456 g/mol. The zero-order valence-electron chi connectivity index (χ0n) is 20.9. The molecule has 0 spiro atoms. The van der Waals surface area contributed by atoms with Crippen molar-refractivity contribution in [2.75, 3.05) is 13.6 Å².